The van der Waals surface area contributed by atoms with Gasteiger partial charge in [0.25, 0.3) is 10.0 Å². The fourth-order valence-corrected chi connectivity index (χ4v) is 6.37. The summed E-state index contributed by atoms with van der Waals surface area (Å²) in [5, 5.41) is 6.66. The number of benzene rings is 2. The smallest absolute Gasteiger partial charge is 0.253 e. The minimum atomic E-state index is -3.63. The van der Waals surface area contributed by atoms with Crippen LogP contribution in [-0.4, -0.2) is 44.4 Å². The first kappa shape index (κ1) is 19.9. The van der Waals surface area contributed by atoms with Crippen LogP contribution in [0.4, 0.5) is 0 Å². The molecule has 6 nitrogen and oxygen atoms in total. The summed E-state index contributed by atoms with van der Waals surface area (Å²) in [6, 6.07) is 16.4. The third kappa shape index (κ3) is 4.14. The number of carbonyl (C=O) groups excluding carboxylic acids is 1. The minimum Gasteiger partial charge on any atom is -0.491 e. The molecular formula is C21H22N2O4S2. The summed E-state index contributed by atoms with van der Waals surface area (Å²) in [5.74, 6) is 0.490. The first-order valence-electron chi connectivity index (χ1n) is 9.51. The first-order chi connectivity index (χ1) is 14.1. The van der Waals surface area contributed by atoms with E-state index in [2.05, 4.69) is 5.32 Å². The molecule has 0 radical (unpaired) electrons. The molecule has 2 heterocycles. The number of carbonyl (C=O) groups is 1. The number of nitrogens with one attached hydrogen (secondary N) is 1. The fraction of sp³-hybridized carbons (Fsp3) is 0.286. The van der Waals surface area contributed by atoms with Crippen molar-refractivity contribution in [2.45, 2.75) is 23.1 Å². The molecule has 1 aromatic heterocycles. The Balaban J connectivity index is 1.35. The van der Waals surface area contributed by atoms with Gasteiger partial charge < -0.3 is 10.1 Å². The zero-order valence-electron chi connectivity index (χ0n) is 15.8. The zero-order chi connectivity index (χ0) is 20.3. The molecular weight excluding hydrogens is 408 g/mol. The summed E-state index contributed by atoms with van der Waals surface area (Å²) >= 11 is 1.17. The van der Waals surface area contributed by atoms with Gasteiger partial charge in [-0.3, -0.25) is 4.79 Å². The molecule has 1 unspecified atom stereocenters. The van der Waals surface area contributed by atoms with Crippen LogP contribution in [0, 0.1) is 0 Å². The molecule has 1 saturated heterocycles. The highest BCUT2D eigenvalue weighted by Crippen LogP contribution is 2.28. The molecule has 1 N–H and O–H groups in total. The van der Waals surface area contributed by atoms with Crippen LogP contribution in [0.5, 0.6) is 5.75 Å². The quantitative estimate of drug-likeness (QED) is 0.584. The Kier molecular flexibility index (Phi) is 5.84. The highest BCUT2D eigenvalue weighted by atomic mass is 32.2. The minimum absolute atomic E-state index is 0.274. The predicted octanol–water partition coefficient (Wildman–Crippen LogP) is 3.25. The van der Waals surface area contributed by atoms with Gasteiger partial charge in [0, 0.05) is 11.9 Å². The lowest BCUT2D eigenvalue weighted by Gasteiger charge is -2.22. The molecule has 0 bridgehead atoms. The highest BCUT2D eigenvalue weighted by molar-refractivity contribution is 7.91. The Hall–Kier alpha value is -2.42. The van der Waals surface area contributed by atoms with Crippen LogP contribution in [0.25, 0.3) is 10.8 Å². The molecule has 8 heteroatoms. The molecule has 1 fully saturated rings. The number of nitrogens with zero attached hydrogens (tertiary/aromatic N) is 1. The molecule has 2 aromatic carbocycles. The molecule has 3 aromatic rings. The summed E-state index contributed by atoms with van der Waals surface area (Å²) in [5.41, 5.74) is 0. The summed E-state index contributed by atoms with van der Waals surface area (Å²) in [6.45, 7) is 0.987. The van der Waals surface area contributed by atoms with E-state index < -0.39 is 16.1 Å². The van der Waals surface area contributed by atoms with E-state index in [4.69, 9.17) is 4.74 Å². The van der Waals surface area contributed by atoms with Gasteiger partial charge in [-0.2, -0.15) is 4.31 Å². The third-order valence-corrected chi connectivity index (χ3v) is 8.25. The normalized spacial score (nSPS) is 17.4. The van der Waals surface area contributed by atoms with Gasteiger partial charge in [-0.15, -0.1) is 11.3 Å². The van der Waals surface area contributed by atoms with E-state index in [1.807, 2.05) is 42.5 Å². The van der Waals surface area contributed by atoms with E-state index in [0.717, 1.165) is 16.5 Å². The van der Waals surface area contributed by atoms with Crippen LogP contribution >= 0.6 is 11.3 Å². The van der Waals surface area contributed by atoms with Crippen molar-refractivity contribution in [3.8, 4) is 5.75 Å². The van der Waals surface area contributed by atoms with Crippen molar-refractivity contribution < 1.29 is 17.9 Å². The summed E-state index contributed by atoms with van der Waals surface area (Å²) in [4.78, 5) is 12.6. The van der Waals surface area contributed by atoms with E-state index in [-0.39, 0.29) is 10.1 Å². The highest BCUT2D eigenvalue weighted by Gasteiger charge is 2.39. The molecule has 1 aliphatic rings. The molecule has 0 spiro atoms. The molecule has 152 valence electrons. The Morgan fingerprint density at radius 3 is 2.79 bits per heavy atom. The summed E-state index contributed by atoms with van der Waals surface area (Å²) in [6.07, 6.45) is 1.20. The number of thiophene rings is 1. The van der Waals surface area contributed by atoms with Crippen molar-refractivity contribution in [2.75, 3.05) is 19.7 Å². The monoisotopic (exact) mass is 430 g/mol. The number of ether oxygens (including phenoxy) is 1. The van der Waals surface area contributed by atoms with Crippen molar-refractivity contribution in [3.05, 3.63) is 60.0 Å². The van der Waals surface area contributed by atoms with E-state index in [1.165, 1.54) is 15.6 Å². The maximum atomic E-state index is 12.8. The Morgan fingerprint density at radius 2 is 1.97 bits per heavy atom. The van der Waals surface area contributed by atoms with Crippen molar-refractivity contribution >= 4 is 38.0 Å². The Labute approximate surface area is 174 Å². The van der Waals surface area contributed by atoms with Gasteiger partial charge in [-0.25, -0.2) is 8.42 Å². The second kappa shape index (κ2) is 8.52. The lowest BCUT2D eigenvalue weighted by atomic mass is 10.1. The molecule has 0 saturated carbocycles. The van der Waals surface area contributed by atoms with E-state index in [9.17, 15) is 13.2 Å². The average Bonchev–Trinajstić information content (AvgIpc) is 3.44. The van der Waals surface area contributed by atoms with E-state index in [0.29, 0.717) is 32.5 Å². The fourth-order valence-electron chi connectivity index (χ4n) is 3.59. The van der Waals surface area contributed by atoms with Gasteiger partial charge in [-0.1, -0.05) is 42.5 Å². The van der Waals surface area contributed by atoms with Gasteiger partial charge in [0.2, 0.25) is 5.91 Å². The summed E-state index contributed by atoms with van der Waals surface area (Å²) < 4.78 is 33.0. The number of sulfonamides is 1. The van der Waals surface area contributed by atoms with Gasteiger partial charge in [0.05, 0.1) is 6.54 Å². The van der Waals surface area contributed by atoms with Gasteiger partial charge >= 0.3 is 0 Å². The van der Waals surface area contributed by atoms with Crippen LogP contribution in [0.15, 0.2) is 64.2 Å². The molecule has 29 heavy (non-hydrogen) atoms. The molecule has 0 aliphatic carbocycles. The van der Waals surface area contributed by atoms with Crippen molar-refractivity contribution in [1.29, 1.82) is 0 Å². The molecule has 1 aliphatic heterocycles. The number of amides is 1. The second-order valence-electron chi connectivity index (χ2n) is 6.82. The predicted molar refractivity (Wildman–Crippen MR) is 114 cm³/mol. The number of hydrogen-bond acceptors (Lipinski definition) is 5. The summed E-state index contributed by atoms with van der Waals surface area (Å²) in [7, 11) is -3.63. The van der Waals surface area contributed by atoms with Gasteiger partial charge in [0.15, 0.2) is 0 Å². The Morgan fingerprint density at radius 1 is 1.14 bits per heavy atom. The average molecular weight is 431 g/mol. The van der Waals surface area contributed by atoms with Crippen LogP contribution in [0.1, 0.15) is 12.8 Å². The first-order valence-corrected chi connectivity index (χ1v) is 11.8. The SMILES string of the molecule is O=C(NCCOc1cccc2ccccc12)C1CCCN1S(=O)(=O)c1cccs1. The molecule has 4 rings (SSSR count). The van der Waals surface area contributed by atoms with Gasteiger partial charge in [-0.05, 0) is 35.7 Å². The van der Waals surface area contributed by atoms with Crippen molar-refractivity contribution in [3.63, 3.8) is 0 Å². The van der Waals surface area contributed by atoms with Crippen LogP contribution < -0.4 is 10.1 Å². The van der Waals surface area contributed by atoms with Crippen LogP contribution in [0.3, 0.4) is 0 Å². The van der Waals surface area contributed by atoms with Crippen molar-refractivity contribution in [1.82, 2.24) is 9.62 Å². The topological polar surface area (TPSA) is 75.7 Å². The zero-order valence-corrected chi connectivity index (χ0v) is 17.4. The van der Waals surface area contributed by atoms with Gasteiger partial charge in [0.1, 0.15) is 22.6 Å². The second-order valence-corrected chi connectivity index (χ2v) is 9.89. The van der Waals surface area contributed by atoms with E-state index >= 15 is 0 Å². The van der Waals surface area contributed by atoms with Crippen LogP contribution in [-0.2, 0) is 14.8 Å². The largest absolute Gasteiger partial charge is 0.491 e. The Bertz CT molecular complexity index is 1090. The molecule has 1 atom stereocenters. The third-order valence-electron chi connectivity index (χ3n) is 4.97. The maximum Gasteiger partial charge on any atom is 0.253 e. The maximum absolute atomic E-state index is 12.8. The van der Waals surface area contributed by atoms with Crippen molar-refractivity contribution in [2.24, 2.45) is 0 Å². The lowest BCUT2D eigenvalue weighted by Crippen LogP contribution is -2.46. The van der Waals surface area contributed by atoms with Crippen LogP contribution in [0.2, 0.25) is 0 Å². The number of fused-ring (bicyclic) bond motifs is 1. The lowest BCUT2D eigenvalue weighted by molar-refractivity contribution is -0.124. The standard InChI is InChI=1S/C21H22N2O4S2/c24-21(18-9-4-13-23(18)29(25,26)20-11-5-15-28-20)22-12-14-27-19-10-3-7-16-6-1-2-8-17(16)19/h1-3,5-8,10-11,15,18H,4,9,12-14H2,(H,22,24). The van der Waals surface area contributed by atoms with E-state index in [1.54, 1.807) is 17.5 Å². The number of hydrogen-bond donors (Lipinski definition) is 1. The number of rotatable bonds is 7. The molecule has 1 amide bonds.